The van der Waals surface area contributed by atoms with Crippen molar-refractivity contribution in [3.8, 4) is 11.4 Å². The highest BCUT2D eigenvalue weighted by atomic mass is 35.5. The molecule has 32 heavy (non-hydrogen) atoms. The van der Waals surface area contributed by atoms with Gasteiger partial charge >= 0.3 is 0 Å². The highest BCUT2D eigenvalue weighted by Crippen LogP contribution is 2.39. The van der Waals surface area contributed by atoms with E-state index in [1.807, 2.05) is 38.1 Å². The van der Waals surface area contributed by atoms with Crippen LogP contribution in [0.1, 0.15) is 57.2 Å². The molecule has 1 heterocycles. The van der Waals surface area contributed by atoms with Crippen LogP contribution in [0, 0.1) is 5.82 Å². The summed E-state index contributed by atoms with van der Waals surface area (Å²) in [5.41, 5.74) is 1.70. The molecule has 3 aromatic rings. The Hall–Kier alpha value is -2.38. The molecule has 1 amide bonds. The zero-order valence-corrected chi connectivity index (χ0v) is 19.7. The topological polar surface area (TPSA) is 59.8 Å². The Bertz CT molecular complexity index is 1080. The molecule has 1 fully saturated rings. The molecule has 2 atom stereocenters. The van der Waals surface area contributed by atoms with Gasteiger partial charge in [-0.25, -0.2) is 4.39 Å². The van der Waals surface area contributed by atoms with Gasteiger partial charge in [0.1, 0.15) is 5.82 Å². The van der Waals surface area contributed by atoms with Crippen LogP contribution in [-0.4, -0.2) is 25.9 Å². The normalized spacial score (nSPS) is 16.1. The van der Waals surface area contributed by atoms with Gasteiger partial charge in [0.2, 0.25) is 5.91 Å². The van der Waals surface area contributed by atoms with Crippen LogP contribution in [0.5, 0.6) is 0 Å². The van der Waals surface area contributed by atoms with Crippen molar-refractivity contribution in [3.63, 3.8) is 0 Å². The average Bonchev–Trinajstić information content (AvgIpc) is 3.44. The fourth-order valence-electron chi connectivity index (χ4n) is 4.05. The second-order valence-electron chi connectivity index (χ2n) is 8.14. The minimum atomic E-state index is -0.374. The smallest absolute Gasteiger partial charge is 0.233 e. The summed E-state index contributed by atoms with van der Waals surface area (Å²) in [6, 6.07) is 13.9. The van der Waals surface area contributed by atoms with E-state index in [-0.39, 0.29) is 23.0 Å². The molecule has 5 nitrogen and oxygen atoms in total. The number of nitrogens with one attached hydrogen (secondary N) is 1. The largest absolute Gasteiger partial charge is 0.349 e. The number of thioether (sulfide) groups is 1. The van der Waals surface area contributed by atoms with Gasteiger partial charge in [-0.15, -0.1) is 10.2 Å². The lowest BCUT2D eigenvalue weighted by atomic mass is 10.1. The van der Waals surface area contributed by atoms with Gasteiger partial charge in [-0.1, -0.05) is 60.5 Å². The molecule has 2 aromatic carbocycles. The third-order valence-electron chi connectivity index (χ3n) is 5.85. The number of hydrogen-bond donors (Lipinski definition) is 1. The number of amides is 1. The monoisotopic (exact) mass is 472 g/mol. The van der Waals surface area contributed by atoms with Gasteiger partial charge in [0.25, 0.3) is 0 Å². The number of rotatable bonds is 7. The van der Waals surface area contributed by atoms with E-state index in [0.717, 1.165) is 34.9 Å². The van der Waals surface area contributed by atoms with Crippen molar-refractivity contribution < 1.29 is 9.18 Å². The average molecular weight is 473 g/mol. The third-order valence-corrected chi connectivity index (χ3v) is 7.24. The molecule has 2 unspecified atom stereocenters. The molecule has 0 saturated heterocycles. The second kappa shape index (κ2) is 10.0. The Labute approximate surface area is 196 Å². The molecule has 1 saturated carbocycles. The lowest BCUT2D eigenvalue weighted by Crippen LogP contribution is -2.33. The number of hydrogen-bond acceptors (Lipinski definition) is 4. The van der Waals surface area contributed by atoms with E-state index in [9.17, 15) is 9.18 Å². The number of halogens is 2. The molecule has 1 aliphatic rings. The summed E-state index contributed by atoms with van der Waals surface area (Å²) in [4.78, 5) is 12.9. The van der Waals surface area contributed by atoms with Crippen LogP contribution in [0.15, 0.2) is 53.7 Å². The second-order valence-corrected chi connectivity index (χ2v) is 9.85. The van der Waals surface area contributed by atoms with Crippen LogP contribution in [0.4, 0.5) is 4.39 Å². The maximum Gasteiger partial charge on any atom is 0.233 e. The molecule has 0 spiro atoms. The number of carbonyl (C=O) groups is 1. The predicted octanol–water partition coefficient (Wildman–Crippen LogP) is 6.21. The van der Waals surface area contributed by atoms with Crippen LogP contribution in [-0.2, 0) is 4.79 Å². The van der Waals surface area contributed by atoms with Crippen LogP contribution in [0.2, 0.25) is 5.02 Å². The minimum Gasteiger partial charge on any atom is -0.349 e. The molecule has 0 radical (unpaired) electrons. The number of benzene rings is 2. The van der Waals surface area contributed by atoms with E-state index >= 15 is 0 Å². The third kappa shape index (κ3) is 4.99. The SMILES string of the molecule is CC(Sc1nnc(-c2ccccc2Cl)n1C1CCCC1)C(=O)NC(C)c1ccc(F)cc1. The van der Waals surface area contributed by atoms with Crippen LogP contribution in [0.25, 0.3) is 11.4 Å². The van der Waals surface area contributed by atoms with Crippen molar-refractivity contribution >= 4 is 29.3 Å². The first kappa shape index (κ1) is 22.8. The van der Waals surface area contributed by atoms with E-state index in [0.29, 0.717) is 11.1 Å². The molecule has 1 N–H and O–H groups in total. The summed E-state index contributed by atoms with van der Waals surface area (Å²) < 4.78 is 15.3. The fourth-order valence-corrected chi connectivity index (χ4v) is 5.20. The van der Waals surface area contributed by atoms with E-state index in [4.69, 9.17) is 11.6 Å². The number of carbonyl (C=O) groups excluding carboxylic acids is 1. The van der Waals surface area contributed by atoms with E-state index in [1.54, 1.807) is 12.1 Å². The van der Waals surface area contributed by atoms with Gasteiger partial charge in [-0.2, -0.15) is 0 Å². The Morgan fingerprint density at radius 2 is 1.81 bits per heavy atom. The van der Waals surface area contributed by atoms with Crippen LogP contribution in [0.3, 0.4) is 0 Å². The molecule has 0 bridgehead atoms. The van der Waals surface area contributed by atoms with Crippen molar-refractivity contribution in [2.24, 2.45) is 0 Å². The Morgan fingerprint density at radius 1 is 1.12 bits per heavy atom. The fraction of sp³-hybridized carbons (Fsp3) is 0.375. The molecule has 168 valence electrons. The minimum absolute atomic E-state index is 0.105. The van der Waals surface area contributed by atoms with Crippen molar-refractivity contribution in [2.45, 2.75) is 62.0 Å². The summed E-state index contributed by atoms with van der Waals surface area (Å²) in [5.74, 6) is 0.348. The number of nitrogens with zero attached hydrogens (tertiary/aromatic N) is 3. The van der Waals surface area contributed by atoms with E-state index in [2.05, 4.69) is 20.1 Å². The molecule has 0 aliphatic heterocycles. The molecular weight excluding hydrogens is 447 g/mol. The molecular formula is C24H26ClFN4OS. The van der Waals surface area contributed by atoms with Gasteiger partial charge < -0.3 is 5.32 Å². The molecule has 8 heteroatoms. The van der Waals surface area contributed by atoms with E-state index < -0.39 is 0 Å². The van der Waals surface area contributed by atoms with Crippen molar-refractivity contribution in [1.29, 1.82) is 0 Å². The van der Waals surface area contributed by atoms with Crippen molar-refractivity contribution in [1.82, 2.24) is 20.1 Å². The lowest BCUT2D eigenvalue weighted by Gasteiger charge is -2.20. The van der Waals surface area contributed by atoms with Crippen LogP contribution >= 0.6 is 23.4 Å². The maximum absolute atomic E-state index is 13.2. The van der Waals surface area contributed by atoms with Crippen molar-refractivity contribution in [3.05, 3.63) is 64.9 Å². The summed E-state index contributed by atoms with van der Waals surface area (Å²) >= 11 is 7.85. The van der Waals surface area contributed by atoms with Gasteiger partial charge in [0, 0.05) is 11.6 Å². The maximum atomic E-state index is 13.2. The molecule has 4 rings (SSSR count). The van der Waals surface area contributed by atoms with Crippen molar-refractivity contribution in [2.75, 3.05) is 0 Å². The summed E-state index contributed by atoms with van der Waals surface area (Å²) in [5, 5.41) is 12.9. The van der Waals surface area contributed by atoms with Gasteiger partial charge in [0.15, 0.2) is 11.0 Å². The van der Waals surface area contributed by atoms with Gasteiger partial charge in [-0.3, -0.25) is 9.36 Å². The first-order valence-electron chi connectivity index (χ1n) is 10.9. The van der Waals surface area contributed by atoms with Crippen LogP contribution < -0.4 is 5.32 Å². The first-order chi connectivity index (χ1) is 15.4. The predicted molar refractivity (Wildman–Crippen MR) is 126 cm³/mol. The van der Waals surface area contributed by atoms with Gasteiger partial charge in [0.05, 0.1) is 16.3 Å². The molecule has 1 aromatic heterocycles. The summed E-state index contributed by atoms with van der Waals surface area (Å²) in [6.07, 6.45) is 4.46. The molecule has 1 aliphatic carbocycles. The lowest BCUT2D eigenvalue weighted by molar-refractivity contribution is -0.120. The summed E-state index contributed by atoms with van der Waals surface area (Å²) in [6.45, 7) is 3.75. The standard InChI is InChI=1S/C24H26ClFN4OS/c1-15(17-11-13-18(26)14-12-17)27-23(31)16(2)32-24-29-28-22(20-9-5-6-10-21(20)25)30(24)19-7-3-4-8-19/h5-6,9-16,19H,3-4,7-8H2,1-2H3,(H,27,31). The Balaban J connectivity index is 1.53. The number of aromatic nitrogens is 3. The first-order valence-corrected chi connectivity index (χ1v) is 12.1. The Morgan fingerprint density at radius 3 is 2.50 bits per heavy atom. The Kier molecular flexibility index (Phi) is 7.16. The van der Waals surface area contributed by atoms with E-state index in [1.165, 1.54) is 36.7 Å². The van der Waals surface area contributed by atoms with Gasteiger partial charge in [-0.05, 0) is 56.5 Å². The quantitative estimate of drug-likeness (QED) is 0.415. The zero-order valence-electron chi connectivity index (χ0n) is 18.1. The highest BCUT2D eigenvalue weighted by Gasteiger charge is 2.28. The highest BCUT2D eigenvalue weighted by molar-refractivity contribution is 8.00. The summed E-state index contributed by atoms with van der Waals surface area (Å²) in [7, 11) is 0. The zero-order chi connectivity index (χ0) is 22.7.